The lowest BCUT2D eigenvalue weighted by molar-refractivity contribution is -0.141. The molecule has 1 saturated heterocycles. The van der Waals surface area contributed by atoms with Gasteiger partial charge in [0.1, 0.15) is 11.3 Å². The molecule has 1 unspecified atom stereocenters. The first-order chi connectivity index (χ1) is 12.0. The molecule has 0 bridgehead atoms. The number of carbonyl (C=O) groups excluding carboxylic acids is 1. The molecule has 1 aliphatic heterocycles. The van der Waals surface area contributed by atoms with Crippen molar-refractivity contribution in [2.75, 3.05) is 11.4 Å². The topological polar surface area (TPSA) is 83.6 Å². The van der Waals surface area contributed by atoms with Crippen LogP contribution < -0.4 is 4.90 Å². The van der Waals surface area contributed by atoms with E-state index in [2.05, 4.69) is 4.98 Å². The number of hydrogen-bond acceptors (Lipinski definition) is 4. The zero-order valence-corrected chi connectivity index (χ0v) is 13.0. The van der Waals surface area contributed by atoms with E-state index in [0.29, 0.717) is 16.8 Å². The summed E-state index contributed by atoms with van der Waals surface area (Å²) in [7, 11) is 0. The fraction of sp³-hybridized carbons (Fsp3) is 0.167. The molecule has 4 rings (SSSR count). The van der Waals surface area contributed by atoms with Crippen LogP contribution in [0.1, 0.15) is 6.42 Å². The van der Waals surface area contributed by atoms with Crippen LogP contribution in [0.25, 0.3) is 22.6 Å². The van der Waals surface area contributed by atoms with Crippen molar-refractivity contribution >= 4 is 28.7 Å². The lowest BCUT2D eigenvalue weighted by Gasteiger charge is -2.15. The third-order valence-electron chi connectivity index (χ3n) is 4.26. The molecule has 1 amide bonds. The Bertz CT molecular complexity index is 998. The van der Waals surface area contributed by atoms with Crippen molar-refractivity contribution in [2.24, 2.45) is 5.92 Å². The van der Waals surface area contributed by atoms with Crippen LogP contribution in [-0.4, -0.2) is 28.5 Å². The summed E-state index contributed by atoms with van der Waals surface area (Å²) in [6.07, 6.45) is -0.0212. The van der Waals surface area contributed by atoms with E-state index < -0.39 is 17.7 Å². The molecule has 1 aromatic heterocycles. The number of fused-ring (bicyclic) bond motifs is 1. The number of carbonyl (C=O) groups is 2. The number of aliphatic carboxylic acids is 1. The molecule has 1 N–H and O–H groups in total. The standard InChI is InChI=1S/C18H13FN2O4/c19-13-4-2-1-3-12(13)17-20-14-8-11(5-6-15(14)25-17)21-9-10(18(23)24)7-16(21)22/h1-6,8,10H,7,9H2,(H,23,24). The monoisotopic (exact) mass is 340 g/mol. The van der Waals surface area contributed by atoms with Crippen molar-refractivity contribution in [3.05, 3.63) is 48.3 Å². The average Bonchev–Trinajstić information content (AvgIpc) is 3.18. The predicted molar refractivity (Wildman–Crippen MR) is 87.5 cm³/mol. The van der Waals surface area contributed by atoms with Crippen LogP contribution >= 0.6 is 0 Å². The molecule has 0 radical (unpaired) electrons. The second-order valence-corrected chi connectivity index (χ2v) is 5.89. The zero-order chi connectivity index (χ0) is 17.6. The highest BCUT2D eigenvalue weighted by molar-refractivity contribution is 6.00. The van der Waals surface area contributed by atoms with Gasteiger partial charge >= 0.3 is 5.97 Å². The van der Waals surface area contributed by atoms with Gasteiger partial charge in [-0.25, -0.2) is 9.37 Å². The minimum atomic E-state index is -0.986. The summed E-state index contributed by atoms with van der Waals surface area (Å²) in [5, 5.41) is 9.08. The van der Waals surface area contributed by atoms with E-state index in [1.807, 2.05) is 0 Å². The Hall–Kier alpha value is -3.22. The van der Waals surface area contributed by atoms with Crippen LogP contribution in [0.15, 0.2) is 46.9 Å². The molecule has 0 spiro atoms. The minimum absolute atomic E-state index is 0.0212. The summed E-state index contributed by atoms with van der Waals surface area (Å²) >= 11 is 0. The van der Waals surface area contributed by atoms with Crippen molar-refractivity contribution in [3.63, 3.8) is 0 Å². The first-order valence-electron chi connectivity index (χ1n) is 7.71. The number of amides is 1. The molecular formula is C18H13FN2O4. The molecule has 2 aromatic carbocycles. The van der Waals surface area contributed by atoms with Gasteiger partial charge in [-0.15, -0.1) is 0 Å². The van der Waals surface area contributed by atoms with E-state index >= 15 is 0 Å². The molecule has 0 saturated carbocycles. The Morgan fingerprint density at radius 3 is 2.80 bits per heavy atom. The van der Waals surface area contributed by atoms with E-state index in [1.54, 1.807) is 36.4 Å². The van der Waals surface area contributed by atoms with Gasteiger partial charge in [-0.2, -0.15) is 0 Å². The fourth-order valence-electron chi connectivity index (χ4n) is 2.96. The normalized spacial score (nSPS) is 17.4. The molecule has 0 aliphatic carbocycles. The van der Waals surface area contributed by atoms with Crippen molar-refractivity contribution in [1.29, 1.82) is 0 Å². The molecule has 1 atom stereocenters. The number of aromatic nitrogens is 1. The molecule has 3 aromatic rings. The molecule has 6 nitrogen and oxygen atoms in total. The number of oxazole rings is 1. The zero-order valence-electron chi connectivity index (χ0n) is 13.0. The Labute approximate surface area is 141 Å². The van der Waals surface area contributed by atoms with Crippen molar-refractivity contribution < 1.29 is 23.5 Å². The van der Waals surface area contributed by atoms with Gasteiger partial charge in [0.2, 0.25) is 11.8 Å². The van der Waals surface area contributed by atoms with Gasteiger partial charge < -0.3 is 14.4 Å². The number of rotatable bonds is 3. The summed E-state index contributed by atoms with van der Waals surface area (Å²) in [6, 6.07) is 11.1. The van der Waals surface area contributed by atoms with Crippen molar-refractivity contribution in [2.45, 2.75) is 6.42 Å². The van der Waals surface area contributed by atoms with Crippen LogP contribution in [0.2, 0.25) is 0 Å². The van der Waals surface area contributed by atoms with E-state index in [1.165, 1.54) is 11.0 Å². The van der Waals surface area contributed by atoms with Gasteiger partial charge in [0.25, 0.3) is 0 Å². The maximum Gasteiger partial charge on any atom is 0.308 e. The number of hydrogen-bond donors (Lipinski definition) is 1. The summed E-state index contributed by atoms with van der Waals surface area (Å²) in [5.41, 5.74) is 1.74. The largest absolute Gasteiger partial charge is 0.481 e. The van der Waals surface area contributed by atoms with Crippen LogP contribution in [0.4, 0.5) is 10.1 Å². The van der Waals surface area contributed by atoms with Gasteiger partial charge in [-0.05, 0) is 30.3 Å². The highest BCUT2D eigenvalue weighted by Crippen LogP contribution is 2.31. The first kappa shape index (κ1) is 15.3. The molecule has 7 heteroatoms. The molecular weight excluding hydrogens is 327 g/mol. The predicted octanol–water partition coefficient (Wildman–Crippen LogP) is 3.07. The SMILES string of the molecule is O=C(O)C1CC(=O)N(c2ccc3oc(-c4ccccc4F)nc3c2)C1. The third kappa shape index (κ3) is 2.63. The first-order valence-corrected chi connectivity index (χ1v) is 7.71. The summed E-state index contributed by atoms with van der Waals surface area (Å²) < 4.78 is 19.5. The van der Waals surface area contributed by atoms with E-state index in [4.69, 9.17) is 9.52 Å². The number of carboxylic acid groups (broad SMARTS) is 1. The number of nitrogens with zero attached hydrogens (tertiary/aromatic N) is 2. The second kappa shape index (κ2) is 5.70. The van der Waals surface area contributed by atoms with Crippen LogP contribution in [0, 0.1) is 11.7 Å². The quantitative estimate of drug-likeness (QED) is 0.792. The Morgan fingerprint density at radius 1 is 1.28 bits per heavy atom. The van der Waals surface area contributed by atoms with Gasteiger partial charge in [-0.3, -0.25) is 9.59 Å². The molecule has 126 valence electrons. The van der Waals surface area contributed by atoms with Crippen LogP contribution in [0.3, 0.4) is 0 Å². The number of anilines is 1. The molecule has 25 heavy (non-hydrogen) atoms. The van der Waals surface area contributed by atoms with Gasteiger partial charge in [0, 0.05) is 18.7 Å². The van der Waals surface area contributed by atoms with Crippen molar-refractivity contribution in [1.82, 2.24) is 4.98 Å². The van der Waals surface area contributed by atoms with E-state index in [-0.39, 0.29) is 30.3 Å². The van der Waals surface area contributed by atoms with Gasteiger partial charge in [0.05, 0.1) is 11.5 Å². The maximum atomic E-state index is 13.9. The highest BCUT2D eigenvalue weighted by atomic mass is 19.1. The summed E-state index contributed by atoms with van der Waals surface area (Å²) in [5.74, 6) is -2.23. The Morgan fingerprint density at radius 2 is 2.08 bits per heavy atom. The molecule has 2 heterocycles. The average molecular weight is 340 g/mol. The smallest absolute Gasteiger partial charge is 0.308 e. The molecule has 1 aliphatic rings. The second-order valence-electron chi connectivity index (χ2n) is 5.89. The Kier molecular flexibility index (Phi) is 3.49. The molecule has 1 fully saturated rings. The van der Waals surface area contributed by atoms with E-state index in [0.717, 1.165) is 0 Å². The minimum Gasteiger partial charge on any atom is -0.481 e. The van der Waals surface area contributed by atoms with Crippen LogP contribution in [0.5, 0.6) is 0 Å². The number of halogens is 1. The number of carboxylic acids is 1. The fourth-order valence-corrected chi connectivity index (χ4v) is 2.96. The lowest BCUT2D eigenvalue weighted by Crippen LogP contribution is -2.25. The number of benzene rings is 2. The maximum absolute atomic E-state index is 13.9. The summed E-state index contributed by atoms with van der Waals surface area (Å²) in [6.45, 7) is 0.123. The van der Waals surface area contributed by atoms with E-state index in [9.17, 15) is 14.0 Å². The van der Waals surface area contributed by atoms with Crippen molar-refractivity contribution in [3.8, 4) is 11.5 Å². The third-order valence-corrected chi connectivity index (χ3v) is 4.26. The van der Waals surface area contributed by atoms with Gasteiger partial charge in [0.15, 0.2) is 5.58 Å². The van der Waals surface area contributed by atoms with Crippen LogP contribution in [-0.2, 0) is 9.59 Å². The lowest BCUT2D eigenvalue weighted by atomic mass is 10.1. The summed E-state index contributed by atoms with van der Waals surface area (Å²) in [4.78, 5) is 28.9. The Balaban J connectivity index is 1.71. The van der Waals surface area contributed by atoms with Gasteiger partial charge in [-0.1, -0.05) is 12.1 Å². The highest BCUT2D eigenvalue weighted by Gasteiger charge is 2.35.